The highest BCUT2D eigenvalue weighted by molar-refractivity contribution is 7.89. The third-order valence-corrected chi connectivity index (χ3v) is 8.29. The number of piperazine rings is 1. The van der Waals surface area contributed by atoms with Crippen LogP contribution in [0.2, 0.25) is 0 Å². The predicted molar refractivity (Wildman–Crippen MR) is 124 cm³/mol. The van der Waals surface area contributed by atoms with Crippen molar-refractivity contribution in [1.82, 2.24) is 14.1 Å². The molecule has 5 rings (SSSR count). The molecule has 2 saturated heterocycles. The number of nitrogens with zero attached hydrogens (tertiary/aromatic N) is 3. The van der Waals surface area contributed by atoms with Gasteiger partial charge in [0.1, 0.15) is 6.61 Å². The van der Waals surface area contributed by atoms with E-state index in [2.05, 4.69) is 17.0 Å². The van der Waals surface area contributed by atoms with Crippen LogP contribution in [-0.4, -0.2) is 93.6 Å². The number of ether oxygens (including phenoxy) is 3. The number of benzene rings is 2. The van der Waals surface area contributed by atoms with Crippen molar-refractivity contribution in [2.75, 3.05) is 59.1 Å². The molecule has 2 aromatic rings. The molecule has 0 aromatic heterocycles. The van der Waals surface area contributed by atoms with E-state index in [1.165, 1.54) is 22.0 Å². The van der Waals surface area contributed by atoms with Crippen LogP contribution in [0.15, 0.2) is 53.4 Å². The Morgan fingerprint density at radius 1 is 0.912 bits per heavy atom. The van der Waals surface area contributed by atoms with Gasteiger partial charge in [-0.25, -0.2) is 8.42 Å². The lowest BCUT2D eigenvalue weighted by Gasteiger charge is -2.34. The van der Waals surface area contributed by atoms with Crippen LogP contribution in [0.4, 0.5) is 0 Å². The van der Waals surface area contributed by atoms with Gasteiger partial charge in [-0.05, 0) is 17.7 Å². The summed E-state index contributed by atoms with van der Waals surface area (Å²) >= 11 is 0. The molecule has 182 valence electrons. The highest BCUT2D eigenvalue weighted by atomic mass is 32.2. The van der Waals surface area contributed by atoms with Crippen molar-refractivity contribution < 1.29 is 27.4 Å². The first-order chi connectivity index (χ1) is 16.5. The molecule has 1 atom stereocenters. The fraction of sp³-hybridized carbons (Fsp3) is 0.458. The molecule has 1 amide bonds. The number of fused-ring (bicyclic) bond motifs is 1. The Kier molecular flexibility index (Phi) is 6.73. The van der Waals surface area contributed by atoms with Gasteiger partial charge in [-0.1, -0.05) is 30.3 Å². The number of hydrogen-bond donors (Lipinski definition) is 0. The zero-order chi connectivity index (χ0) is 23.5. The van der Waals surface area contributed by atoms with Crippen LogP contribution >= 0.6 is 0 Å². The second-order valence-electron chi connectivity index (χ2n) is 8.63. The van der Waals surface area contributed by atoms with Crippen LogP contribution in [0.1, 0.15) is 5.56 Å². The number of morpholine rings is 1. The summed E-state index contributed by atoms with van der Waals surface area (Å²) in [6, 6.07) is 14.8. The van der Waals surface area contributed by atoms with E-state index in [1.807, 2.05) is 18.2 Å². The molecule has 9 nitrogen and oxygen atoms in total. The number of hydrogen-bond acceptors (Lipinski definition) is 7. The summed E-state index contributed by atoms with van der Waals surface area (Å²) in [5, 5.41) is 0. The number of sulfonamides is 1. The topological polar surface area (TPSA) is 88.6 Å². The first kappa shape index (κ1) is 23.1. The average Bonchev–Trinajstić information content (AvgIpc) is 2.89. The molecule has 3 aliphatic rings. The van der Waals surface area contributed by atoms with Gasteiger partial charge in [-0.3, -0.25) is 9.69 Å². The van der Waals surface area contributed by atoms with Crippen LogP contribution in [0.3, 0.4) is 0 Å². The number of carbonyl (C=O) groups excluding carboxylic acids is 1. The van der Waals surface area contributed by atoms with Crippen molar-refractivity contribution in [2.24, 2.45) is 0 Å². The number of carbonyl (C=O) groups is 1. The molecule has 3 aliphatic heterocycles. The van der Waals surface area contributed by atoms with Crippen molar-refractivity contribution >= 4 is 15.9 Å². The summed E-state index contributed by atoms with van der Waals surface area (Å²) in [4.78, 5) is 16.8. The minimum Gasteiger partial charge on any atom is -0.485 e. The van der Waals surface area contributed by atoms with Gasteiger partial charge in [0.2, 0.25) is 16.1 Å². The third-order valence-electron chi connectivity index (χ3n) is 6.39. The lowest BCUT2D eigenvalue weighted by atomic mass is 10.2. The van der Waals surface area contributed by atoms with E-state index in [9.17, 15) is 13.2 Å². The van der Waals surface area contributed by atoms with Crippen LogP contribution in [-0.2, 0) is 26.1 Å². The van der Waals surface area contributed by atoms with Crippen LogP contribution in [0.5, 0.6) is 11.5 Å². The Hall–Kier alpha value is -2.66. The largest absolute Gasteiger partial charge is 0.485 e. The fourth-order valence-electron chi connectivity index (χ4n) is 4.44. The highest BCUT2D eigenvalue weighted by Gasteiger charge is 2.34. The quantitative estimate of drug-likeness (QED) is 0.626. The molecular weight excluding hydrogens is 458 g/mol. The van der Waals surface area contributed by atoms with E-state index in [1.54, 1.807) is 11.0 Å². The van der Waals surface area contributed by atoms with Gasteiger partial charge in [-0.15, -0.1) is 0 Å². The monoisotopic (exact) mass is 487 g/mol. The van der Waals surface area contributed by atoms with E-state index < -0.39 is 16.1 Å². The molecule has 3 heterocycles. The predicted octanol–water partition coefficient (Wildman–Crippen LogP) is 1.19. The van der Waals surface area contributed by atoms with Crippen molar-refractivity contribution in [3.63, 3.8) is 0 Å². The summed E-state index contributed by atoms with van der Waals surface area (Å²) in [7, 11) is -3.66. The Morgan fingerprint density at radius 2 is 1.65 bits per heavy atom. The zero-order valence-corrected chi connectivity index (χ0v) is 19.8. The highest BCUT2D eigenvalue weighted by Crippen LogP contribution is 2.35. The molecule has 1 unspecified atom stereocenters. The standard InChI is InChI=1S/C24H29N3O6S/c28-24(26-12-14-31-15-13-26)23-18-32-22-16-20(6-7-21(22)33-23)34(29,30)27-10-8-25(9-11-27)17-19-4-2-1-3-5-19/h1-7,16,23H,8-15,17-18H2. The molecule has 2 fully saturated rings. The van der Waals surface area contributed by atoms with Gasteiger partial charge in [0, 0.05) is 51.9 Å². The van der Waals surface area contributed by atoms with E-state index >= 15 is 0 Å². The minimum atomic E-state index is -3.66. The van der Waals surface area contributed by atoms with Gasteiger partial charge in [0.05, 0.1) is 18.1 Å². The molecule has 0 spiro atoms. The Bertz CT molecular complexity index is 1110. The molecule has 10 heteroatoms. The van der Waals surface area contributed by atoms with Gasteiger partial charge < -0.3 is 19.1 Å². The fourth-order valence-corrected chi connectivity index (χ4v) is 5.88. The Morgan fingerprint density at radius 3 is 2.38 bits per heavy atom. The minimum absolute atomic E-state index is 0.0465. The zero-order valence-electron chi connectivity index (χ0n) is 19.0. The summed E-state index contributed by atoms with van der Waals surface area (Å²) in [5.74, 6) is 0.582. The molecular formula is C24H29N3O6S. The molecule has 0 bridgehead atoms. The molecule has 0 N–H and O–H groups in total. The van der Waals surface area contributed by atoms with E-state index in [0.29, 0.717) is 64.0 Å². The first-order valence-corrected chi connectivity index (χ1v) is 13.0. The summed E-state index contributed by atoms with van der Waals surface area (Å²) in [6.07, 6.45) is -0.745. The maximum atomic E-state index is 13.3. The number of rotatable bonds is 5. The van der Waals surface area contributed by atoms with Crippen molar-refractivity contribution in [3.8, 4) is 11.5 Å². The Balaban J connectivity index is 1.21. The maximum Gasteiger partial charge on any atom is 0.267 e. The first-order valence-electron chi connectivity index (χ1n) is 11.6. The van der Waals surface area contributed by atoms with Crippen LogP contribution in [0, 0.1) is 0 Å². The molecule has 0 radical (unpaired) electrons. The van der Waals surface area contributed by atoms with Gasteiger partial charge in [-0.2, -0.15) is 4.31 Å². The second kappa shape index (κ2) is 9.91. The molecule has 0 saturated carbocycles. The average molecular weight is 488 g/mol. The summed E-state index contributed by atoms with van der Waals surface area (Å²) < 4.78 is 44.9. The SMILES string of the molecule is O=C(C1COc2cc(S(=O)(=O)N3CCN(Cc4ccccc4)CC3)ccc2O1)N1CCOCC1. The summed E-state index contributed by atoms with van der Waals surface area (Å²) in [6.45, 7) is 5.14. The van der Waals surface area contributed by atoms with Crippen molar-refractivity contribution in [3.05, 3.63) is 54.1 Å². The van der Waals surface area contributed by atoms with Gasteiger partial charge >= 0.3 is 0 Å². The summed E-state index contributed by atoms with van der Waals surface area (Å²) in [5.41, 5.74) is 1.22. The van der Waals surface area contributed by atoms with Crippen LogP contribution in [0.25, 0.3) is 0 Å². The van der Waals surface area contributed by atoms with Gasteiger partial charge in [0.15, 0.2) is 11.5 Å². The van der Waals surface area contributed by atoms with E-state index in [4.69, 9.17) is 14.2 Å². The Labute approximate surface area is 199 Å². The number of amides is 1. The van der Waals surface area contributed by atoms with Crippen LogP contribution < -0.4 is 9.47 Å². The molecule has 34 heavy (non-hydrogen) atoms. The molecule has 2 aromatic carbocycles. The normalized spacial score (nSPS) is 21.9. The lowest BCUT2D eigenvalue weighted by molar-refractivity contribution is -0.145. The second-order valence-corrected chi connectivity index (χ2v) is 10.6. The van der Waals surface area contributed by atoms with E-state index in [0.717, 1.165) is 6.54 Å². The van der Waals surface area contributed by atoms with Crippen molar-refractivity contribution in [2.45, 2.75) is 17.5 Å². The lowest BCUT2D eigenvalue weighted by Crippen LogP contribution is -2.50. The third kappa shape index (κ3) is 4.90. The molecule has 0 aliphatic carbocycles. The maximum absolute atomic E-state index is 13.3. The van der Waals surface area contributed by atoms with E-state index in [-0.39, 0.29) is 17.4 Å². The van der Waals surface area contributed by atoms with Gasteiger partial charge in [0.25, 0.3) is 5.91 Å². The smallest absolute Gasteiger partial charge is 0.267 e. The van der Waals surface area contributed by atoms with Crippen molar-refractivity contribution in [1.29, 1.82) is 0 Å².